The maximum Gasteiger partial charge on any atom is 0.319 e. The summed E-state index contributed by atoms with van der Waals surface area (Å²) in [5.41, 5.74) is 1.96. The minimum Gasteiger partial charge on any atom is -0.491 e. The van der Waals surface area contributed by atoms with E-state index < -0.39 is 0 Å². The lowest BCUT2D eigenvalue weighted by atomic mass is 9.98. The van der Waals surface area contributed by atoms with Crippen LogP contribution in [0.1, 0.15) is 31.2 Å². The number of benzene rings is 1. The Labute approximate surface area is 131 Å². The zero-order valence-electron chi connectivity index (χ0n) is 13.0. The topological polar surface area (TPSA) is 53.6 Å². The Balaban J connectivity index is 1.39. The van der Waals surface area contributed by atoms with E-state index in [1.165, 1.54) is 18.4 Å². The third kappa shape index (κ3) is 2.43. The first-order chi connectivity index (χ1) is 10.7. The van der Waals surface area contributed by atoms with Crippen molar-refractivity contribution in [3.05, 3.63) is 23.8 Å². The summed E-state index contributed by atoms with van der Waals surface area (Å²) in [7, 11) is 2.21. The summed E-state index contributed by atoms with van der Waals surface area (Å²) in [6.45, 7) is 0.702. The second kappa shape index (κ2) is 5.47. The monoisotopic (exact) mass is 301 g/mol. The molecule has 2 bridgehead atoms. The molecular weight excluding hydrogens is 278 g/mol. The predicted octanol–water partition coefficient (Wildman–Crippen LogP) is 2.37. The Bertz CT molecular complexity index is 575. The highest BCUT2D eigenvalue weighted by Gasteiger charge is 2.38. The van der Waals surface area contributed by atoms with Crippen LogP contribution in [0.5, 0.6) is 5.75 Å². The van der Waals surface area contributed by atoms with Gasteiger partial charge < -0.3 is 20.3 Å². The Morgan fingerprint density at radius 2 is 2.05 bits per heavy atom. The molecule has 4 rings (SSSR count). The summed E-state index contributed by atoms with van der Waals surface area (Å²) < 4.78 is 5.63. The van der Waals surface area contributed by atoms with E-state index in [0.717, 1.165) is 30.7 Å². The van der Waals surface area contributed by atoms with Crippen molar-refractivity contribution in [2.24, 2.45) is 0 Å². The zero-order chi connectivity index (χ0) is 15.1. The van der Waals surface area contributed by atoms with E-state index in [2.05, 4.69) is 28.6 Å². The predicted molar refractivity (Wildman–Crippen MR) is 85.4 cm³/mol. The molecule has 2 fully saturated rings. The SMILES string of the molecule is CN1C2CCC1CC(NC(=O)Nc1cccc3c1OCC3)C2. The van der Waals surface area contributed by atoms with Crippen molar-refractivity contribution in [2.45, 2.75) is 50.2 Å². The molecular formula is C17H23N3O2. The normalized spacial score (nSPS) is 29.8. The summed E-state index contributed by atoms with van der Waals surface area (Å²) in [5, 5.41) is 6.11. The van der Waals surface area contributed by atoms with Crippen LogP contribution >= 0.6 is 0 Å². The minimum atomic E-state index is -0.113. The number of hydrogen-bond donors (Lipinski definition) is 2. The number of anilines is 1. The number of piperidine rings is 1. The standard InChI is InChI=1S/C17H23N3O2/c1-20-13-5-6-14(20)10-12(9-13)18-17(21)19-15-4-2-3-11-7-8-22-16(11)15/h2-4,12-14H,5-10H2,1H3,(H2,18,19,21). The number of ether oxygens (including phenoxy) is 1. The van der Waals surface area contributed by atoms with Gasteiger partial charge in [0.25, 0.3) is 0 Å². The van der Waals surface area contributed by atoms with Crippen LogP contribution in [0.4, 0.5) is 10.5 Å². The number of fused-ring (bicyclic) bond motifs is 3. The highest BCUT2D eigenvalue weighted by Crippen LogP contribution is 2.35. The number of urea groups is 1. The maximum atomic E-state index is 12.3. The third-order valence-electron chi connectivity index (χ3n) is 5.40. The molecule has 2 saturated heterocycles. The molecule has 22 heavy (non-hydrogen) atoms. The lowest BCUT2D eigenvalue weighted by Gasteiger charge is -2.36. The molecule has 0 aromatic heterocycles. The quantitative estimate of drug-likeness (QED) is 0.882. The molecule has 118 valence electrons. The molecule has 1 aromatic carbocycles. The molecule has 1 aromatic rings. The summed E-state index contributed by atoms with van der Waals surface area (Å²) in [6, 6.07) is 7.37. The number of nitrogens with one attached hydrogen (secondary N) is 2. The van der Waals surface area contributed by atoms with Crippen LogP contribution in [0.3, 0.4) is 0 Å². The lowest BCUT2D eigenvalue weighted by molar-refractivity contribution is 0.151. The van der Waals surface area contributed by atoms with Crippen molar-refractivity contribution >= 4 is 11.7 Å². The summed E-state index contributed by atoms with van der Waals surface area (Å²) >= 11 is 0. The summed E-state index contributed by atoms with van der Waals surface area (Å²) in [6.07, 6.45) is 5.57. The van der Waals surface area contributed by atoms with E-state index in [-0.39, 0.29) is 12.1 Å². The number of nitrogens with zero attached hydrogens (tertiary/aromatic N) is 1. The molecule has 0 radical (unpaired) electrons. The first-order valence-corrected chi connectivity index (χ1v) is 8.25. The second-order valence-electron chi connectivity index (χ2n) is 6.71. The van der Waals surface area contributed by atoms with Gasteiger partial charge >= 0.3 is 6.03 Å². The molecule has 3 heterocycles. The van der Waals surface area contributed by atoms with Crippen molar-refractivity contribution in [1.29, 1.82) is 0 Å². The Morgan fingerprint density at radius 1 is 1.27 bits per heavy atom. The van der Waals surface area contributed by atoms with Crippen LogP contribution in [-0.2, 0) is 6.42 Å². The number of carbonyl (C=O) groups is 1. The van der Waals surface area contributed by atoms with Crippen LogP contribution in [0.15, 0.2) is 18.2 Å². The van der Waals surface area contributed by atoms with Gasteiger partial charge in [0.2, 0.25) is 0 Å². The third-order valence-corrected chi connectivity index (χ3v) is 5.40. The van der Waals surface area contributed by atoms with Gasteiger partial charge in [-0.2, -0.15) is 0 Å². The van der Waals surface area contributed by atoms with E-state index >= 15 is 0 Å². The molecule has 2 N–H and O–H groups in total. The van der Waals surface area contributed by atoms with Crippen LogP contribution in [-0.4, -0.2) is 42.7 Å². The van der Waals surface area contributed by atoms with Crippen molar-refractivity contribution in [3.8, 4) is 5.75 Å². The first-order valence-electron chi connectivity index (χ1n) is 8.25. The average molecular weight is 301 g/mol. The Kier molecular flexibility index (Phi) is 3.45. The van der Waals surface area contributed by atoms with Gasteiger partial charge in [0.05, 0.1) is 12.3 Å². The van der Waals surface area contributed by atoms with Gasteiger partial charge in [-0.15, -0.1) is 0 Å². The average Bonchev–Trinajstić information content (AvgIpc) is 3.03. The highest BCUT2D eigenvalue weighted by molar-refractivity contribution is 5.91. The van der Waals surface area contributed by atoms with Crippen LogP contribution in [0.2, 0.25) is 0 Å². The molecule has 2 atom stereocenters. The van der Waals surface area contributed by atoms with E-state index in [0.29, 0.717) is 18.7 Å². The van der Waals surface area contributed by atoms with Crippen molar-refractivity contribution in [3.63, 3.8) is 0 Å². The van der Waals surface area contributed by atoms with Gasteiger partial charge in [-0.3, -0.25) is 0 Å². The molecule has 2 amide bonds. The number of carbonyl (C=O) groups excluding carboxylic acids is 1. The summed E-state index contributed by atoms with van der Waals surface area (Å²) in [4.78, 5) is 14.8. The van der Waals surface area contributed by atoms with Gasteiger partial charge in [-0.1, -0.05) is 12.1 Å². The van der Waals surface area contributed by atoms with E-state index in [4.69, 9.17) is 4.74 Å². The molecule has 5 heteroatoms. The fraction of sp³-hybridized carbons (Fsp3) is 0.588. The number of hydrogen-bond acceptors (Lipinski definition) is 3. The van der Waals surface area contributed by atoms with Crippen LogP contribution in [0.25, 0.3) is 0 Å². The lowest BCUT2D eigenvalue weighted by Crippen LogP contribution is -2.49. The van der Waals surface area contributed by atoms with E-state index in [1.54, 1.807) is 0 Å². The van der Waals surface area contributed by atoms with Gasteiger partial charge in [0, 0.05) is 24.5 Å². The summed E-state index contributed by atoms with van der Waals surface area (Å²) in [5.74, 6) is 0.834. The molecule has 2 unspecified atom stereocenters. The molecule has 0 saturated carbocycles. The Hall–Kier alpha value is -1.75. The molecule has 5 nitrogen and oxygen atoms in total. The van der Waals surface area contributed by atoms with Crippen molar-refractivity contribution in [1.82, 2.24) is 10.2 Å². The van der Waals surface area contributed by atoms with Crippen LogP contribution in [0, 0.1) is 0 Å². The smallest absolute Gasteiger partial charge is 0.319 e. The van der Waals surface area contributed by atoms with E-state index in [1.807, 2.05) is 12.1 Å². The number of rotatable bonds is 2. The zero-order valence-corrected chi connectivity index (χ0v) is 13.0. The fourth-order valence-corrected chi connectivity index (χ4v) is 4.19. The van der Waals surface area contributed by atoms with Crippen LogP contribution < -0.4 is 15.4 Å². The largest absolute Gasteiger partial charge is 0.491 e. The molecule has 0 aliphatic carbocycles. The second-order valence-corrected chi connectivity index (χ2v) is 6.71. The number of amides is 2. The maximum absolute atomic E-state index is 12.3. The minimum absolute atomic E-state index is 0.113. The van der Waals surface area contributed by atoms with Gasteiger partial charge in [-0.25, -0.2) is 4.79 Å². The highest BCUT2D eigenvalue weighted by atomic mass is 16.5. The van der Waals surface area contributed by atoms with Gasteiger partial charge in [0.15, 0.2) is 0 Å². The fourth-order valence-electron chi connectivity index (χ4n) is 4.19. The number of para-hydroxylation sites is 1. The van der Waals surface area contributed by atoms with Crippen molar-refractivity contribution in [2.75, 3.05) is 19.0 Å². The van der Waals surface area contributed by atoms with Crippen molar-refractivity contribution < 1.29 is 9.53 Å². The Morgan fingerprint density at radius 3 is 2.82 bits per heavy atom. The first kappa shape index (κ1) is 13.9. The van der Waals surface area contributed by atoms with Gasteiger partial charge in [-0.05, 0) is 44.4 Å². The van der Waals surface area contributed by atoms with E-state index in [9.17, 15) is 4.79 Å². The molecule has 3 aliphatic rings. The van der Waals surface area contributed by atoms with Gasteiger partial charge in [0.1, 0.15) is 5.75 Å². The molecule has 3 aliphatic heterocycles. The molecule has 0 spiro atoms.